The van der Waals surface area contributed by atoms with Crippen molar-refractivity contribution in [1.29, 1.82) is 0 Å². The predicted molar refractivity (Wildman–Crippen MR) is 125 cm³/mol. The quantitative estimate of drug-likeness (QED) is 0.172. The second-order valence-corrected chi connectivity index (χ2v) is 9.43. The van der Waals surface area contributed by atoms with Gasteiger partial charge >= 0.3 is 5.97 Å². The molecule has 1 aromatic carbocycles. The van der Waals surface area contributed by atoms with Gasteiger partial charge in [-0.15, -0.1) is 0 Å². The highest BCUT2D eigenvalue weighted by Crippen LogP contribution is 2.20. The van der Waals surface area contributed by atoms with Gasteiger partial charge in [0.25, 0.3) is 10.1 Å². The van der Waals surface area contributed by atoms with Gasteiger partial charge in [-0.05, 0) is 18.6 Å². The number of hydrogen-bond acceptors (Lipinski definition) is 4. The molecule has 0 atom stereocenters. The van der Waals surface area contributed by atoms with Crippen LogP contribution in [-0.2, 0) is 14.9 Å². The smallest absolute Gasteiger partial charge is 0.303 e. The molecule has 0 aromatic heterocycles. The maximum atomic E-state index is 10.4. The van der Waals surface area contributed by atoms with Gasteiger partial charge in [-0.3, -0.25) is 9.35 Å². The number of rotatable bonds is 17. The number of para-hydroxylation sites is 1. The second-order valence-electron chi connectivity index (χ2n) is 8.04. The minimum absolute atomic E-state index is 0.345. The summed E-state index contributed by atoms with van der Waals surface area (Å²) >= 11 is 0. The van der Waals surface area contributed by atoms with Crippen LogP contribution in [0, 0.1) is 0 Å². The van der Waals surface area contributed by atoms with Crippen LogP contribution in [0.2, 0.25) is 0 Å². The number of carboxylic acid groups (broad SMARTS) is 1. The molecule has 0 radical (unpaired) electrons. The summed E-state index contributed by atoms with van der Waals surface area (Å²) in [7, 11) is -4.28. The van der Waals surface area contributed by atoms with Gasteiger partial charge in [-0.2, -0.15) is 8.42 Å². The normalized spacial score (nSPS) is 11.0. The van der Waals surface area contributed by atoms with Crippen molar-refractivity contribution in [2.45, 2.75) is 115 Å². The van der Waals surface area contributed by atoms with Gasteiger partial charge in [-0.25, -0.2) is 0 Å². The number of unbranched alkanes of at least 4 members (excludes halogenated alkanes) is 14. The van der Waals surface area contributed by atoms with Crippen molar-refractivity contribution in [3.63, 3.8) is 0 Å². The number of benzene rings is 1. The Morgan fingerprint density at radius 2 is 1.13 bits per heavy atom. The number of aliphatic carboxylic acids is 1. The number of carbonyl (C=O) groups is 1. The first-order valence-corrected chi connectivity index (χ1v) is 13.2. The molecule has 0 saturated heterocycles. The lowest BCUT2D eigenvalue weighted by atomic mass is 10.0. The molecule has 0 unspecified atom stereocenters. The van der Waals surface area contributed by atoms with Gasteiger partial charge in [0.2, 0.25) is 0 Å². The van der Waals surface area contributed by atoms with E-state index in [1.54, 1.807) is 0 Å². The molecule has 0 aliphatic heterocycles. The SMILES string of the molecule is CCCCCCCCCCCCCCCCCC(=O)O.O=S(=O)(O)c1ccccc1O. The van der Waals surface area contributed by atoms with Crippen LogP contribution in [0.5, 0.6) is 5.75 Å². The fourth-order valence-electron chi connectivity index (χ4n) is 3.32. The topological polar surface area (TPSA) is 112 Å². The fourth-order valence-corrected chi connectivity index (χ4v) is 3.91. The van der Waals surface area contributed by atoms with Crippen LogP contribution < -0.4 is 0 Å². The Balaban J connectivity index is 0.000000683. The van der Waals surface area contributed by atoms with Gasteiger partial charge in [0, 0.05) is 6.42 Å². The maximum absolute atomic E-state index is 10.4. The van der Waals surface area contributed by atoms with Gasteiger partial charge in [-0.1, -0.05) is 109 Å². The maximum Gasteiger partial charge on any atom is 0.303 e. The molecule has 0 heterocycles. The van der Waals surface area contributed by atoms with Crippen LogP contribution in [0.3, 0.4) is 0 Å². The number of aromatic hydroxyl groups is 1. The van der Waals surface area contributed by atoms with E-state index in [9.17, 15) is 13.2 Å². The molecule has 0 bridgehead atoms. The molecule has 7 heteroatoms. The van der Waals surface area contributed by atoms with E-state index in [1.807, 2.05) is 0 Å². The summed E-state index contributed by atoms with van der Waals surface area (Å²) in [6, 6.07) is 5.17. The number of phenols is 1. The van der Waals surface area contributed by atoms with E-state index in [-0.39, 0.29) is 0 Å². The second kappa shape index (κ2) is 19.1. The van der Waals surface area contributed by atoms with Crippen LogP contribution in [0.4, 0.5) is 0 Å². The average Bonchev–Trinajstić information content (AvgIpc) is 2.70. The van der Waals surface area contributed by atoms with Crippen LogP contribution in [0.25, 0.3) is 0 Å². The average molecular weight is 459 g/mol. The third-order valence-corrected chi connectivity index (χ3v) is 6.04. The van der Waals surface area contributed by atoms with Crippen molar-refractivity contribution in [2.75, 3.05) is 0 Å². The third kappa shape index (κ3) is 18.9. The highest BCUT2D eigenvalue weighted by atomic mass is 32.2. The first-order valence-electron chi connectivity index (χ1n) is 11.8. The molecule has 1 aromatic rings. The zero-order valence-electron chi connectivity index (χ0n) is 19.1. The summed E-state index contributed by atoms with van der Waals surface area (Å²) in [5, 5.41) is 17.4. The Hall–Kier alpha value is -1.60. The number of carboxylic acids is 1. The van der Waals surface area contributed by atoms with Gasteiger partial charge < -0.3 is 10.2 Å². The van der Waals surface area contributed by atoms with E-state index >= 15 is 0 Å². The Morgan fingerprint density at radius 3 is 1.45 bits per heavy atom. The molecule has 180 valence electrons. The zero-order valence-corrected chi connectivity index (χ0v) is 19.9. The molecule has 6 nitrogen and oxygen atoms in total. The molecule has 0 amide bonds. The lowest BCUT2D eigenvalue weighted by Gasteiger charge is -2.03. The van der Waals surface area contributed by atoms with Crippen LogP contribution in [-0.4, -0.2) is 29.2 Å². The standard InChI is InChI=1S/C18H36O2.C6H6O4S/c1-2-3-4-5-6-7-8-9-10-11-12-13-14-15-16-17-18(19)20;7-5-3-1-2-4-6(5)11(8,9)10/h2-17H2,1H3,(H,19,20);1-4,7H,(H,8,9,10). The van der Waals surface area contributed by atoms with Crippen molar-refractivity contribution in [3.05, 3.63) is 24.3 Å². The largest absolute Gasteiger partial charge is 0.506 e. The molecule has 0 aliphatic rings. The van der Waals surface area contributed by atoms with Crippen molar-refractivity contribution >= 4 is 16.1 Å². The first-order chi connectivity index (χ1) is 14.8. The Kier molecular flexibility index (Phi) is 18.1. The fraction of sp³-hybridized carbons (Fsp3) is 0.708. The molecular formula is C24H42O6S. The minimum atomic E-state index is -4.28. The molecule has 3 N–H and O–H groups in total. The van der Waals surface area contributed by atoms with Crippen molar-refractivity contribution < 1.29 is 28.0 Å². The van der Waals surface area contributed by atoms with Gasteiger partial charge in [0.05, 0.1) is 0 Å². The third-order valence-electron chi connectivity index (χ3n) is 5.14. The van der Waals surface area contributed by atoms with Crippen molar-refractivity contribution in [2.24, 2.45) is 0 Å². The van der Waals surface area contributed by atoms with E-state index < -0.39 is 26.7 Å². The highest BCUT2D eigenvalue weighted by molar-refractivity contribution is 7.86. The zero-order chi connectivity index (χ0) is 23.4. The summed E-state index contributed by atoms with van der Waals surface area (Å²) in [4.78, 5) is 9.86. The van der Waals surface area contributed by atoms with Crippen LogP contribution >= 0.6 is 0 Å². The monoisotopic (exact) mass is 458 g/mol. The number of hydrogen-bond donors (Lipinski definition) is 3. The van der Waals surface area contributed by atoms with E-state index in [2.05, 4.69) is 6.92 Å². The summed E-state index contributed by atoms with van der Waals surface area (Å²) < 4.78 is 29.4. The first kappa shape index (κ1) is 29.4. The van der Waals surface area contributed by atoms with Gasteiger partial charge in [0.15, 0.2) is 0 Å². The molecule has 0 spiro atoms. The van der Waals surface area contributed by atoms with Crippen molar-refractivity contribution in [1.82, 2.24) is 0 Å². The van der Waals surface area contributed by atoms with E-state index in [0.29, 0.717) is 6.42 Å². The molecular weight excluding hydrogens is 416 g/mol. The summed E-state index contributed by atoms with van der Waals surface area (Å²) in [6.45, 7) is 2.27. The molecule has 1 rings (SSSR count). The Labute approximate surface area is 188 Å². The minimum Gasteiger partial charge on any atom is -0.506 e. The molecule has 0 saturated carbocycles. The predicted octanol–water partition coefficient (Wildman–Crippen LogP) is 6.97. The highest BCUT2D eigenvalue weighted by Gasteiger charge is 2.12. The summed E-state index contributed by atoms with van der Waals surface area (Å²) in [6.07, 6.45) is 20.2. The van der Waals surface area contributed by atoms with Crippen molar-refractivity contribution in [3.8, 4) is 5.75 Å². The lowest BCUT2D eigenvalue weighted by Crippen LogP contribution is -1.97. The van der Waals surface area contributed by atoms with Crippen LogP contribution in [0.15, 0.2) is 29.2 Å². The number of phenolic OH excluding ortho intramolecular Hbond substituents is 1. The lowest BCUT2D eigenvalue weighted by molar-refractivity contribution is -0.137. The summed E-state index contributed by atoms with van der Waals surface area (Å²) in [5.41, 5.74) is 0. The Morgan fingerprint density at radius 1 is 0.742 bits per heavy atom. The van der Waals surface area contributed by atoms with E-state index in [1.165, 1.54) is 102 Å². The van der Waals surface area contributed by atoms with Gasteiger partial charge in [0.1, 0.15) is 10.6 Å². The molecule has 0 aliphatic carbocycles. The van der Waals surface area contributed by atoms with E-state index in [4.69, 9.17) is 14.8 Å². The Bertz CT molecular complexity index is 672. The molecule has 0 fully saturated rings. The summed E-state index contributed by atoms with van der Waals surface area (Å²) in [5.74, 6) is -1.10. The molecule has 31 heavy (non-hydrogen) atoms. The van der Waals surface area contributed by atoms with E-state index in [0.717, 1.165) is 18.9 Å². The van der Waals surface area contributed by atoms with Crippen LogP contribution in [0.1, 0.15) is 110 Å².